The molecule has 0 saturated heterocycles. The third kappa shape index (κ3) is 2.58. The molecule has 2 N–H and O–H groups in total. The molecule has 0 spiro atoms. The first-order valence-electron chi connectivity index (χ1n) is 8.22. The number of carbonyl (C=O) groups excluding carboxylic acids is 3. The van der Waals surface area contributed by atoms with E-state index in [4.69, 9.17) is 0 Å². The Labute approximate surface area is 153 Å². The Morgan fingerprint density at radius 1 is 0.815 bits per heavy atom. The highest BCUT2D eigenvalue weighted by Crippen LogP contribution is 2.35. The molecule has 0 aliphatic heterocycles. The number of aromatic nitrogens is 1. The number of nitrogens with one attached hydrogen (secondary N) is 1. The summed E-state index contributed by atoms with van der Waals surface area (Å²) in [6.45, 7) is 0. The molecule has 0 radical (unpaired) electrons. The van der Waals surface area contributed by atoms with Crippen LogP contribution < -0.4 is 0 Å². The summed E-state index contributed by atoms with van der Waals surface area (Å²) in [5.41, 5.74) is 1.93. The Morgan fingerprint density at radius 3 is 2.11 bits per heavy atom. The van der Waals surface area contributed by atoms with Crippen LogP contribution in [0.4, 0.5) is 0 Å². The number of fused-ring (bicyclic) bond motifs is 3. The minimum absolute atomic E-state index is 0.160. The SMILES string of the molecule is O=C1C(=O)c2ccc(C(=O)C(C(=O)O)c3ccc[nH]3)cc2-c2ccccc21. The average Bonchev–Trinajstić information content (AvgIpc) is 3.19. The fraction of sp³-hybridized carbons (Fsp3) is 0.0476. The first-order valence-corrected chi connectivity index (χ1v) is 8.22. The Morgan fingerprint density at radius 2 is 1.48 bits per heavy atom. The van der Waals surface area contributed by atoms with Crippen molar-refractivity contribution in [3.8, 4) is 11.1 Å². The summed E-state index contributed by atoms with van der Waals surface area (Å²) in [6.07, 6.45) is 1.55. The zero-order chi connectivity index (χ0) is 19.1. The number of H-pyrrole nitrogens is 1. The second-order valence-corrected chi connectivity index (χ2v) is 6.23. The maximum Gasteiger partial charge on any atom is 0.320 e. The molecule has 27 heavy (non-hydrogen) atoms. The summed E-state index contributed by atoms with van der Waals surface area (Å²) in [5.74, 6) is -4.48. The van der Waals surface area contributed by atoms with Crippen LogP contribution in [0, 0.1) is 0 Å². The maximum atomic E-state index is 12.9. The first kappa shape index (κ1) is 16.7. The molecule has 0 bridgehead atoms. The first-order chi connectivity index (χ1) is 13.0. The summed E-state index contributed by atoms with van der Waals surface area (Å²) in [5, 5.41) is 9.51. The Balaban J connectivity index is 1.84. The van der Waals surface area contributed by atoms with E-state index in [1.165, 1.54) is 24.3 Å². The molecule has 1 aromatic heterocycles. The number of rotatable bonds is 4. The minimum Gasteiger partial charge on any atom is -0.480 e. The molecule has 1 unspecified atom stereocenters. The molecule has 2 aromatic carbocycles. The van der Waals surface area contributed by atoms with E-state index >= 15 is 0 Å². The number of carbonyl (C=O) groups is 4. The summed E-state index contributed by atoms with van der Waals surface area (Å²) in [7, 11) is 0. The van der Waals surface area contributed by atoms with Crippen molar-refractivity contribution in [2.45, 2.75) is 5.92 Å². The molecular weight excluding hydrogens is 346 g/mol. The summed E-state index contributed by atoms with van der Waals surface area (Å²) < 4.78 is 0. The number of Topliss-reactive ketones (excluding diaryl/α,β-unsaturated/α-hetero) is 3. The van der Waals surface area contributed by atoms with Crippen LogP contribution in [-0.4, -0.2) is 33.4 Å². The van der Waals surface area contributed by atoms with E-state index in [0.29, 0.717) is 11.1 Å². The summed E-state index contributed by atoms with van der Waals surface area (Å²) >= 11 is 0. The number of hydrogen-bond acceptors (Lipinski definition) is 4. The molecule has 1 aliphatic rings. The third-order valence-electron chi connectivity index (χ3n) is 4.66. The molecular formula is C21H13NO5. The van der Waals surface area contributed by atoms with E-state index in [1.807, 2.05) is 0 Å². The molecule has 1 heterocycles. The Hall–Kier alpha value is -3.80. The van der Waals surface area contributed by atoms with Gasteiger partial charge in [0.1, 0.15) is 0 Å². The molecule has 0 fully saturated rings. The molecule has 4 rings (SSSR count). The number of ketones is 3. The third-order valence-corrected chi connectivity index (χ3v) is 4.66. The van der Waals surface area contributed by atoms with Gasteiger partial charge in [0.15, 0.2) is 11.7 Å². The van der Waals surface area contributed by atoms with Crippen LogP contribution in [0.3, 0.4) is 0 Å². The van der Waals surface area contributed by atoms with Gasteiger partial charge in [-0.2, -0.15) is 0 Å². The number of aromatic amines is 1. The van der Waals surface area contributed by atoms with Gasteiger partial charge in [0.05, 0.1) is 0 Å². The van der Waals surface area contributed by atoms with Gasteiger partial charge < -0.3 is 10.1 Å². The van der Waals surface area contributed by atoms with E-state index in [1.54, 1.807) is 36.5 Å². The van der Waals surface area contributed by atoms with Crippen LogP contribution in [0.1, 0.15) is 42.7 Å². The van der Waals surface area contributed by atoms with Gasteiger partial charge in [-0.3, -0.25) is 19.2 Å². The second-order valence-electron chi connectivity index (χ2n) is 6.23. The topological polar surface area (TPSA) is 104 Å². The summed E-state index contributed by atoms with van der Waals surface area (Å²) in [4.78, 5) is 51.9. The lowest BCUT2D eigenvalue weighted by atomic mass is 9.82. The van der Waals surface area contributed by atoms with Crippen molar-refractivity contribution < 1.29 is 24.3 Å². The molecule has 3 aromatic rings. The lowest BCUT2D eigenvalue weighted by Gasteiger charge is -2.19. The normalized spacial score (nSPS) is 13.6. The fourth-order valence-corrected chi connectivity index (χ4v) is 3.36. The molecule has 1 aliphatic carbocycles. The van der Waals surface area contributed by atoms with E-state index in [9.17, 15) is 24.3 Å². The lowest BCUT2D eigenvalue weighted by Crippen LogP contribution is -2.24. The minimum atomic E-state index is -1.38. The number of carboxylic acid groups (broad SMARTS) is 1. The monoisotopic (exact) mass is 359 g/mol. The van der Waals surface area contributed by atoms with Crippen LogP contribution in [0.15, 0.2) is 60.8 Å². The zero-order valence-corrected chi connectivity index (χ0v) is 13.9. The van der Waals surface area contributed by atoms with Gasteiger partial charge in [-0.1, -0.05) is 30.3 Å². The van der Waals surface area contributed by atoms with E-state index < -0.39 is 29.2 Å². The van der Waals surface area contributed by atoms with E-state index in [-0.39, 0.29) is 22.4 Å². The van der Waals surface area contributed by atoms with Crippen molar-refractivity contribution in [3.63, 3.8) is 0 Å². The molecule has 132 valence electrons. The highest BCUT2D eigenvalue weighted by molar-refractivity contribution is 6.53. The van der Waals surface area contributed by atoms with Crippen LogP contribution in [-0.2, 0) is 4.79 Å². The smallest absolute Gasteiger partial charge is 0.320 e. The second kappa shape index (κ2) is 6.17. The number of hydrogen-bond donors (Lipinski definition) is 2. The highest BCUT2D eigenvalue weighted by Gasteiger charge is 2.33. The van der Waals surface area contributed by atoms with Gasteiger partial charge in [-0.25, -0.2) is 0 Å². The molecule has 1 atom stereocenters. The van der Waals surface area contributed by atoms with Gasteiger partial charge in [0, 0.05) is 28.6 Å². The zero-order valence-electron chi connectivity index (χ0n) is 13.9. The largest absolute Gasteiger partial charge is 0.480 e. The molecule has 0 amide bonds. The Kier molecular flexibility index (Phi) is 3.81. The van der Waals surface area contributed by atoms with Crippen molar-refractivity contribution in [3.05, 3.63) is 83.2 Å². The van der Waals surface area contributed by atoms with Crippen LogP contribution >= 0.6 is 0 Å². The number of carboxylic acids is 1. The van der Waals surface area contributed by atoms with Gasteiger partial charge >= 0.3 is 5.97 Å². The molecule has 6 nitrogen and oxygen atoms in total. The number of aliphatic carboxylic acids is 1. The number of benzene rings is 2. The summed E-state index contributed by atoms with van der Waals surface area (Å²) in [6, 6.07) is 14.1. The van der Waals surface area contributed by atoms with Crippen molar-refractivity contribution in [1.82, 2.24) is 4.98 Å². The van der Waals surface area contributed by atoms with Crippen LogP contribution in [0.5, 0.6) is 0 Å². The van der Waals surface area contributed by atoms with Gasteiger partial charge in [0.25, 0.3) is 0 Å². The van der Waals surface area contributed by atoms with Crippen molar-refractivity contribution in [1.29, 1.82) is 0 Å². The van der Waals surface area contributed by atoms with Crippen LogP contribution in [0.25, 0.3) is 11.1 Å². The molecule has 0 saturated carbocycles. The van der Waals surface area contributed by atoms with Crippen molar-refractivity contribution in [2.24, 2.45) is 0 Å². The molecule has 6 heteroatoms. The highest BCUT2D eigenvalue weighted by atomic mass is 16.4. The van der Waals surface area contributed by atoms with Crippen LogP contribution in [0.2, 0.25) is 0 Å². The predicted octanol–water partition coefficient (Wildman–Crippen LogP) is 3.11. The van der Waals surface area contributed by atoms with Crippen molar-refractivity contribution >= 4 is 23.3 Å². The standard InChI is InChI=1S/C21H13NO5/c23-18(17(21(26)27)16-6-3-9-22-16)11-7-8-14-15(10-11)12-4-1-2-5-13(12)19(24)20(14)25/h1-10,17,22H,(H,26,27). The quantitative estimate of drug-likeness (QED) is 0.423. The lowest BCUT2D eigenvalue weighted by molar-refractivity contribution is -0.137. The van der Waals surface area contributed by atoms with Gasteiger partial charge in [0.2, 0.25) is 11.6 Å². The van der Waals surface area contributed by atoms with Gasteiger partial charge in [-0.05, 0) is 35.4 Å². The Bertz CT molecular complexity index is 1110. The average molecular weight is 359 g/mol. The predicted molar refractivity (Wildman–Crippen MR) is 96.0 cm³/mol. The van der Waals surface area contributed by atoms with E-state index in [0.717, 1.165) is 0 Å². The van der Waals surface area contributed by atoms with Crippen molar-refractivity contribution in [2.75, 3.05) is 0 Å². The fourth-order valence-electron chi connectivity index (χ4n) is 3.36. The van der Waals surface area contributed by atoms with E-state index in [2.05, 4.69) is 4.98 Å². The van der Waals surface area contributed by atoms with Gasteiger partial charge in [-0.15, -0.1) is 0 Å². The maximum absolute atomic E-state index is 12.9.